The monoisotopic (exact) mass is 323 g/mol. The molecule has 0 aromatic heterocycles. The molecule has 1 aliphatic heterocycles. The van der Waals surface area contributed by atoms with Crippen LogP contribution < -0.4 is 5.14 Å². The molecule has 1 heterocycles. The van der Waals surface area contributed by atoms with E-state index in [1.54, 1.807) is 0 Å². The average Bonchev–Trinajstić information content (AvgIpc) is 2.79. The van der Waals surface area contributed by atoms with Crippen molar-refractivity contribution in [2.75, 3.05) is 0 Å². The summed E-state index contributed by atoms with van der Waals surface area (Å²) in [6.07, 6.45) is 1.19. The molecular weight excluding hydrogens is 313 g/mol. The second-order valence-corrected chi connectivity index (χ2v) is 9.82. The van der Waals surface area contributed by atoms with Gasteiger partial charge in [-0.1, -0.05) is 17.8 Å². The lowest BCUT2D eigenvalue weighted by Crippen LogP contribution is -2.45. The number of nitrogens with two attached hydrogens (primary N) is 1. The summed E-state index contributed by atoms with van der Waals surface area (Å²) in [5.74, 6) is -0.610. The molecule has 2 rings (SSSR count). The van der Waals surface area contributed by atoms with Gasteiger partial charge in [0.2, 0.25) is 23.3 Å². The number of benzene rings is 1. The third-order valence-electron chi connectivity index (χ3n) is 2.68. The van der Waals surface area contributed by atoms with Crippen LogP contribution in [0.5, 0.6) is 0 Å². The molecule has 19 heavy (non-hydrogen) atoms. The molecule has 0 aliphatic carbocycles. The molecule has 0 spiro atoms. The summed E-state index contributed by atoms with van der Waals surface area (Å²) >= 11 is 0.628. The van der Waals surface area contributed by atoms with Crippen LogP contribution >= 0.6 is 11.8 Å². The van der Waals surface area contributed by atoms with Crippen molar-refractivity contribution in [1.82, 2.24) is 0 Å². The predicted molar refractivity (Wildman–Crippen MR) is 70.8 cm³/mol. The smallest absolute Gasteiger partial charge is 0.227 e. The van der Waals surface area contributed by atoms with E-state index in [2.05, 4.69) is 0 Å². The fraction of sp³-hybridized carbons (Fsp3) is 0.200. The highest BCUT2D eigenvalue weighted by Crippen LogP contribution is 2.47. The van der Waals surface area contributed by atoms with Crippen molar-refractivity contribution in [2.45, 2.75) is 14.7 Å². The maximum absolute atomic E-state index is 12.8. The number of primary sulfonamides is 1. The highest BCUT2D eigenvalue weighted by atomic mass is 32.3. The van der Waals surface area contributed by atoms with Crippen LogP contribution in [0.1, 0.15) is 6.42 Å². The Balaban J connectivity index is 2.63. The zero-order valence-corrected chi connectivity index (χ0v) is 11.9. The number of hydrogen-bond donors (Lipinski definition) is 1. The van der Waals surface area contributed by atoms with Gasteiger partial charge in [0.1, 0.15) is 5.82 Å². The van der Waals surface area contributed by atoms with Gasteiger partial charge in [0, 0.05) is 6.42 Å². The van der Waals surface area contributed by atoms with Crippen molar-refractivity contribution in [3.63, 3.8) is 0 Å². The molecule has 104 valence electrons. The molecule has 2 N–H and O–H groups in total. The van der Waals surface area contributed by atoms with Crippen LogP contribution in [0, 0.1) is 5.82 Å². The molecule has 0 bridgehead atoms. The Labute approximate surface area is 114 Å². The van der Waals surface area contributed by atoms with Crippen molar-refractivity contribution in [3.8, 4) is 0 Å². The van der Waals surface area contributed by atoms with Gasteiger partial charge in [-0.2, -0.15) is 0 Å². The first kappa shape index (κ1) is 14.5. The standard InChI is InChI=1S/C10H10FNO4S3/c11-8-2-4-9(5-3-8)18(13,14)10(19(12,15)16)6-1-7-17-10/h1-5,7H,6H2,(H2,12,15,16). The molecule has 1 aliphatic rings. The highest BCUT2D eigenvalue weighted by molar-refractivity contribution is 8.29. The first-order valence-electron chi connectivity index (χ1n) is 5.06. The van der Waals surface area contributed by atoms with Gasteiger partial charge in [0.15, 0.2) is 0 Å². The zero-order valence-electron chi connectivity index (χ0n) is 9.48. The SMILES string of the molecule is NS(=O)(=O)C1(S(=O)(=O)c2ccc(F)cc2)CC=CS1. The number of sulfone groups is 1. The van der Waals surface area contributed by atoms with E-state index in [1.165, 1.54) is 11.5 Å². The zero-order chi connectivity index (χ0) is 14.3. The number of halogens is 1. The molecule has 1 unspecified atom stereocenters. The Morgan fingerprint density at radius 2 is 1.74 bits per heavy atom. The average molecular weight is 323 g/mol. The third kappa shape index (κ3) is 2.20. The molecule has 1 aromatic carbocycles. The van der Waals surface area contributed by atoms with Gasteiger partial charge in [-0.15, -0.1) is 0 Å². The Hall–Kier alpha value is -0.900. The molecule has 0 saturated heterocycles. The summed E-state index contributed by atoms with van der Waals surface area (Å²) in [6.45, 7) is 0. The molecule has 5 nitrogen and oxygen atoms in total. The van der Waals surface area contributed by atoms with Gasteiger partial charge in [-0.3, -0.25) is 0 Å². The van der Waals surface area contributed by atoms with Crippen LogP contribution in [-0.4, -0.2) is 20.2 Å². The Morgan fingerprint density at radius 3 is 2.16 bits per heavy atom. The lowest BCUT2D eigenvalue weighted by molar-refractivity contribution is 0.570. The quantitative estimate of drug-likeness (QED) is 0.843. The van der Waals surface area contributed by atoms with Crippen LogP contribution in [0.25, 0.3) is 0 Å². The Bertz CT molecular complexity index is 715. The van der Waals surface area contributed by atoms with Crippen molar-refractivity contribution in [1.29, 1.82) is 0 Å². The molecule has 0 saturated carbocycles. The first-order chi connectivity index (χ1) is 8.71. The Kier molecular flexibility index (Phi) is 3.50. The number of thioether (sulfide) groups is 1. The maximum atomic E-state index is 12.8. The van der Waals surface area contributed by atoms with Crippen LogP contribution in [0.3, 0.4) is 0 Å². The largest absolute Gasteiger partial charge is 0.243 e. The van der Waals surface area contributed by atoms with E-state index >= 15 is 0 Å². The third-order valence-corrected chi connectivity index (χ3v) is 9.73. The summed E-state index contributed by atoms with van der Waals surface area (Å²) < 4.78 is 59.0. The Morgan fingerprint density at radius 1 is 1.16 bits per heavy atom. The van der Waals surface area contributed by atoms with E-state index in [-0.39, 0.29) is 11.3 Å². The normalized spacial score (nSPS) is 23.7. The van der Waals surface area contributed by atoms with Gasteiger partial charge in [0.05, 0.1) is 4.90 Å². The van der Waals surface area contributed by atoms with Crippen LogP contribution in [0.2, 0.25) is 0 Å². The minimum atomic E-state index is -4.36. The number of hydrogen-bond acceptors (Lipinski definition) is 5. The van der Waals surface area contributed by atoms with Crippen molar-refractivity contribution >= 4 is 31.6 Å². The maximum Gasteiger partial charge on any atom is 0.243 e. The van der Waals surface area contributed by atoms with Gasteiger partial charge in [-0.25, -0.2) is 26.4 Å². The second kappa shape index (κ2) is 4.58. The lowest BCUT2D eigenvalue weighted by Gasteiger charge is -2.25. The summed E-state index contributed by atoms with van der Waals surface area (Å²) in [5, 5.41) is 6.47. The second-order valence-electron chi connectivity index (χ2n) is 3.88. The number of rotatable bonds is 3. The van der Waals surface area contributed by atoms with Crippen molar-refractivity contribution in [3.05, 3.63) is 41.6 Å². The molecule has 1 aromatic rings. The summed E-state index contributed by atoms with van der Waals surface area (Å²) in [5.41, 5.74) is 0. The molecule has 0 amide bonds. The lowest BCUT2D eigenvalue weighted by atomic mass is 10.4. The van der Waals surface area contributed by atoms with E-state index < -0.39 is 29.1 Å². The molecular formula is C10H10FNO4S3. The number of sulfonamides is 1. The molecule has 0 fully saturated rings. The van der Waals surface area contributed by atoms with E-state index in [1.807, 2.05) is 0 Å². The van der Waals surface area contributed by atoms with Gasteiger partial charge < -0.3 is 0 Å². The molecule has 0 radical (unpaired) electrons. The first-order valence-corrected chi connectivity index (χ1v) is 8.97. The minimum Gasteiger partial charge on any atom is -0.227 e. The van der Waals surface area contributed by atoms with Crippen LogP contribution in [-0.2, 0) is 19.9 Å². The van der Waals surface area contributed by atoms with Gasteiger partial charge >= 0.3 is 0 Å². The minimum absolute atomic E-state index is 0.240. The van der Waals surface area contributed by atoms with E-state index in [0.717, 1.165) is 24.3 Å². The molecule has 1 atom stereocenters. The van der Waals surface area contributed by atoms with E-state index in [4.69, 9.17) is 5.14 Å². The fourth-order valence-corrected chi connectivity index (χ4v) is 6.96. The fourth-order valence-electron chi connectivity index (χ4n) is 1.69. The van der Waals surface area contributed by atoms with Crippen LogP contribution in [0.4, 0.5) is 4.39 Å². The van der Waals surface area contributed by atoms with Gasteiger partial charge in [0.25, 0.3) is 0 Å². The summed E-state index contributed by atoms with van der Waals surface area (Å²) in [6, 6.07) is 3.96. The highest BCUT2D eigenvalue weighted by Gasteiger charge is 2.55. The van der Waals surface area contributed by atoms with Gasteiger partial charge in [-0.05, 0) is 29.7 Å². The summed E-state index contributed by atoms with van der Waals surface area (Å²) in [4.78, 5) is -0.279. The summed E-state index contributed by atoms with van der Waals surface area (Å²) in [7, 11) is -8.62. The topological polar surface area (TPSA) is 94.3 Å². The van der Waals surface area contributed by atoms with Crippen LogP contribution in [0.15, 0.2) is 40.6 Å². The molecule has 9 heteroatoms. The predicted octanol–water partition coefficient (Wildman–Crippen LogP) is 1.19. The van der Waals surface area contributed by atoms with Crippen molar-refractivity contribution < 1.29 is 21.2 Å². The van der Waals surface area contributed by atoms with E-state index in [0.29, 0.717) is 11.8 Å². The van der Waals surface area contributed by atoms with E-state index in [9.17, 15) is 21.2 Å². The van der Waals surface area contributed by atoms with Crippen molar-refractivity contribution in [2.24, 2.45) is 5.14 Å². The number of allylic oxidation sites excluding steroid dienone is 1.